The van der Waals surface area contributed by atoms with E-state index in [1.807, 2.05) is 0 Å². The molecule has 1 aliphatic carbocycles. The van der Waals surface area contributed by atoms with E-state index in [2.05, 4.69) is 10.2 Å². The van der Waals surface area contributed by atoms with Crippen LogP contribution in [-0.2, 0) is 4.79 Å². The molecule has 0 aromatic rings. The predicted octanol–water partition coefficient (Wildman–Crippen LogP) is 2.31. The molecule has 3 aliphatic heterocycles. The minimum atomic E-state index is 0.305. The Hall–Kier alpha value is -0.570. The summed E-state index contributed by atoms with van der Waals surface area (Å²) in [6, 6.07) is 1.74. The van der Waals surface area contributed by atoms with Gasteiger partial charge in [0.15, 0.2) is 0 Å². The van der Waals surface area contributed by atoms with E-state index in [0.29, 0.717) is 30.0 Å². The van der Waals surface area contributed by atoms with E-state index in [9.17, 15) is 4.79 Å². The molecular weight excluding hydrogens is 236 g/mol. The third-order valence-electron chi connectivity index (χ3n) is 6.14. The van der Waals surface area contributed by atoms with Gasteiger partial charge >= 0.3 is 0 Å². The minimum absolute atomic E-state index is 0.305. The summed E-state index contributed by atoms with van der Waals surface area (Å²) >= 11 is 0. The van der Waals surface area contributed by atoms with Gasteiger partial charge in [-0.25, -0.2) is 0 Å². The molecule has 0 spiro atoms. The van der Waals surface area contributed by atoms with E-state index in [1.54, 1.807) is 0 Å². The first-order chi connectivity index (χ1) is 9.33. The van der Waals surface area contributed by atoms with Crippen LogP contribution in [0.25, 0.3) is 0 Å². The fourth-order valence-corrected chi connectivity index (χ4v) is 5.21. The van der Waals surface area contributed by atoms with E-state index in [4.69, 9.17) is 0 Å². The summed E-state index contributed by atoms with van der Waals surface area (Å²) < 4.78 is 0. The summed E-state index contributed by atoms with van der Waals surface area (Å²) in [5.74, 6) is 1.62. The molecule has 2 bridgehead atoms. The van der Waals surface area contributed by atoms with E-state index in [1.165, 1.54) is 51.4 Å². The van der Waals surface area contributed by atoms with Gasteiger partial charge in [-0.3, -0.25) is 4.79 Å². The second-order valence-electron chi connectivity index (χ2n) is 7.18. The lowest BCUT2D eigenvalue weighted by atomic mass is 9.77. The molecule has 1 amide bonds. The van der Waals surface area contributed by atoms with Gasteiger partial charge in [-0.15, -0.1) is 0 Å². The van der Waals surface area contributed by atoms with Gasteiger partial charge in [0, 0.05) is 24.7 Å². The maximum Gasteiger partial charge on any atom is 0.227 e. The molecule has 4 rings (SSSR count). The fraction of sp³-hybridized carbons (Fsp3) is 0.938. The zero-order valence-corrected chi connectivity index (χ0v) is 11.8. The molecule has 5 unspecified atom stereocenters. The molecule has 4 aliphatic rings. The standard InChI is InChI=1S/C16H26N2O/c19-16(13-10-12-7-8-14(13)17-12)18-9-3-5-11-4-1-2-6-15(11)18/h11-15,17H,1-10H2. The van der Waals surface area contributed by atoms with Crippen molar-refractivity contribution in [1.82, 2.24) is 10.2 Å². The molecule has 1 saturated carbocycles. The lowest BCUT2D eigenvalue weighted by Crippen LogP contribution is -2.52. The third kappa shape index (κ3) is 2.01. The Morgan fingerprint density at radius 3 is 2.63 bits per heavy atom. The number of piperidine rings is 1. The average molecular weight is 262 g/mol. The quantitative estimate of drug-likeness (QED) is 0.786. The summed E-state index contributed by atoms with van der Waals surface area (Å²) in [6.07, 6.45) is 11.6. The highest BCUT2D eigenvalue weighted by Gasteiger charge is 2.46. The van der Waals surface area contributed by atoms with E-state index < -0.39 is 0 Å². The number of hydrogen-bond acceptors (Lipinski definition) is 2. The number of likely N-dealkylation sites (tertiary alicyclic amines) is 1. The van der Waals surface area contributed by atoms with Crippen LogP contribution >= 0.6 is 0 Å². The molecule has 3 saturated heterocycles. The Morgan fingerprint density at radius 2 is 1.84 bits per heavy atom. The highest BCUT2D eigenvalue weighted by atomic mass is 16.2. The molecule has 4 fully saturated rings. The number of hydrogen-bond donors (Lipinski definition) is 1. The minimum Gasteiger partial charge on any atom is -0.339 e. The van der Waals surface area contributed by atoms with Gasteiger partial charge in [0.25, 0.3) is 0 Å². The number of fused-ring (bicyclic) bond motifs is 3. The topological polar surface area (TPSA) is 32.3 Å². The largest absolute Gasteiger partial charge is 0.339 e. The molecule has 5 atom stereocenters. The second-order valence-corrected chi connectivity index (χ2v) is 7.18. The van der Waals surface area contributed by atoms with Gasteiger partial charge in [-0.2, -0.15) is 0 Å². The average Bonchev–Trinajstić information content (AvgIpc) is 3.08. The first-order valence-electron chi connectivity index (χ1n) is 8.39. The highest BCUT2D eigenvalue weighted by molar-refractivity contribution is 5.80. The van der Waals surface area contributed by atoms with Crippen molar-refractivity contribution in [2.45, 2.75) is 75.9 Å². The van der Waals surface area contributed by atoms with Crippen molar-refractivity contribution in [3.05, 3.63) is 0 Å². The van der Waals surface area contributed by atoms with Crippen LogP contribution in [0.4, 0.5) is 0 Å². The molecule has 1 N–H and O–H groups in total. The van der Waals surface area contributed by atoms with Gasteiger partial charge in [-0.1, -0.05) is 12.8 Å². The van der Waals surface area contributed by atoms with Crippen molar-refractivity contribution in [2.75, 3.05) is 6.54 Å². The zero-order valence-electron chi connectivity index (χ0n) is 11.8. The summed E-state index contributed by atoms with van der Waals surface area (Å²) in [5.41, 5.74) is 0. The Bertz CT molecular complexity index is 368. The Balaban J connectivity index is 1.49. The van der Waals surface area contributed by atoms with Crippen molar-refractivity contribution in [1.29, 1.82) is 0 Å². The third-order valence-corrected chi connectivity index (χ3v) is 6.14. The summed E-state index contributed by atoms with van der Waals surface area (Å²) in [6.45, 7) is 1.04. The van der Waals surface area contributed by atoms with Crippen molar-refractivity contribution < 1.29 is 4.79 Å². The maximum absolute atomic E-state index is 12.9. The molecule has 3 heterocycles. The summed E-state index contributed by atoms with van der Waals surface area (Å²) in [4.78, 5) is 15.2. The Morgan fingerprint density at radius 1 is 1.00 bits per heavy atom. The number of carbonyl (C=O) groups excluding carboxylic acids is 1. The van der Waals surface area contributed by atoms with Crippen LogP contribution < -0.4 is 5.32 Å². The molecule has 106 valence electrons. The van der Waals surface area contributed by atoms with Crippen LogP contribution in [0.3, 0.4) is 0 Å². The highest BCUT2D eigenvalue weighted by Crippen LogP contribution is 2.39. The van der Waals surface area contributed by atoms with Crippen LogP contribution in [0.5, 0.6) is 0 Å². The summed E-state index contributed by atoms with van der Waals surface area (Å²) in [5, 5.41) is 3.62. The van der Waals surface area contributed by atoms with Gasteiger partial charge < -0.3 is 10.2 Å². The molecule has 0 aromatic carbocycles. The lowest BCUT2D eigenvalue weighted by Gasteiger charge is -2.45. The van der Waals surface area contributed by atoms with Crippen LogP contribution in [0.15, 0.2) is 0 Å². The van der Waals surface area contributed by atoms with Crippen LogP contribution in [0.2, 0.25) is 0 Å². The normalized spacial score (nSPS) is 45.3. The van der Waals surface area contributed by atoms with Gasteiger partial charge in [0.05, 0.1) is 5.92 Å². The van der Waals surface area contributed by atoms with Crippen molar-refractivity contribution in [3.63, 3.8) is 0 Å². The molecule has 0 aromatic heterocycles. The van der Waals surface area contributed by atoms with Crippen molar-refractivity contribution >= 4 is 5.91 Å². The molecule has 3 heteroatoms. The molecular formula is C16H26N2O. The number of rotatable bonds is 1. The first-order valence-corrected chi connectivity index (χ1v) is 8.39. The number of nitrogens with one attached hydrogen (secondary N) is 1. The Kier molecular flexibility index (Phi) is 3.06. The monoisotopic (exact) mass is 262 g/mol. The van der Waals surface area contributed by atoms with E-state index in [-0.39, 0.29) is 0 Å². The SMILES string of the molecule is O=C(C1CC2CCC1N2)N1CCCC2CCCCC21. The molecule has 19 heavy (non-hydrogen) atoms. The molecule has 0 radical (unpaired) electrons. The second kappa shape index (κ2) is 4.76. The zero-order chi connectivity index (χ0) is 12.8. The smallest absolute Gasteiger partial charge is 0.227 e. The van der Waals surface area contributed by atoms with Gasteiger partial charge in [0.2, 0.25) is 5.91 Å². The van der Waals surface area contributed by atoms with Crippen LogP contribution in [-0.4, -0.2) is 35.5 Å². The predicted molar refractivity (Wildman–Crippen MR) is 74.7 cm³/mol. The first kappa shape index (κ1) is 12.2. The van der Waals surface area contributed by atoms with Crippen LogP contribution in [0.1, 0.15) is 57.8 Å². The lowest BCUT2D eigenvalue weighted by molar-refractivity contribution is -0.142. The van der Waals surface area contributed by atoms with E-state index >= 15 is 0 Å². The molecule has 3 nitrogen and oxygen atoms in total. The van der Waals surface area contributed by atoms with E-state index in [0.717, 1.165) is 18.9 Å². The Labute approximate surface area is 116 Å². The summed E-state index contributed by atoms with van der Waals surface area (Å²) in [7, 11) is 0. The van der Waals surface area contributed by atoms with Gasteiger partial charge in [-0.05, 0) is 50.9 Å². The number of nitrogens with zero attached hydrogens (tertiary/aromatic N) is 1. The van der Waals surface area contributed by atoms with Crippen LogP contribution in [0, 0.1) is 11.8 Å². The van der Waals surface area contributed by atoms with Crippen molar-refractivity contribution in [3.8, 4) is 0 Å². The van der Waals surface area contributed by atoms with Gasteiger partial charge in [0.1, 0.15) is 0 Å². The van der Waals surface area contributed by atoms with Crippen molar-refractivity contribution in [2.24, 2.45) is 11.8 Å². The number of amides is 1. The fourth-order valence-electron chi connectivity index (χ4n) is 5.21. The number of carbonyl (C=O) groups is 1. The maximum atomic E-state index is 12.9.